The molecule has 30 heavy (non-hydrogen) atoms. The Morgan fingerprint density at radius 1 is 1.23 bits per heavy atom. The molecule has 2 heterocycles. The van der Waals surface area contributed by atoms with Crippen LogP contribution in [0.5, 0.6) is 0 Å². The Hall–Kier alpha value is -2.65. The number of amides is 2. The Kier molecular flexibility index (Phi) is 6.62. The third-order valence-corrected chi connectivity index (χ3v) is 5.92. The summed E-state index contributed by atoms with van der Waals surface area (Å²) >= 11 is 2.43. The van der Waals surface area contributed by atoms with Crippen molar-refractivity contribution < 1.29 is 14.0 Å². The number of thiophene rings is 1. The zero-order valence-corrected chi connectivity index (χ0v) is 18.8. The number of hydrogen-bond acceptors (Lipinski definition) is 6. The number of aromatic nitrogens is 2. The average molecular weight is 447 g/mol. The predicted octanol–water partition coefficient (Wildman–Crippen LogP) is 4.35. The minimum absolute atomic E-state index is 0.0808. The van der Waals surface area contributed by atoms with Crippen molar-refractivity contribution in [3.8, 4) is 0 Å². The van der Waals surface area contributed by atoms with Crippen LogP contribution in [0.25, 0.3) is 0 Å². The topological polar surface area (TPSA) is 75.2 Å². The van der Waals surface area contributed by atoms with E-state index in [-0.39, 0.29) is 18.1 Å². The second-order valence-corrected chi connectivity index (χ2v) is 9.48. The Bertz CT molecular complexity index is 1030. The van der Waals surface area contributed by atoms with E-state index in [9.17, 15) is 14.0 Å². The molecule has 0 unspecified atom stereocenters. The van der Waals surface area contributed by atoms with E-state index in [1.807, 2.05) is 39.1 Å². The Morgan fingerprint density at radius 2 is 1.97 bits per heavy atom. The van der Waals surface area contributed by atoms with Crippen LogP contribution in [0.1, 0.15) is 53.3 Å². The van der Waals surface area contributed by atoms with E-state index in [1.165, 1.54) is 27.7 Å². The van der Waals surface area contributed by atoms with Gasteiger partial charge in [0.05, 0.1) is 6.54 Å². The molecular formula is C21H23FN4O2S2. The molecule has 6 nitrogen and oxygen atoms in total. The standard InChI is InChI=1S/C21H23FN4O2S2/c1-13-9-10-29-18(13)17(19(27)23-21(2,3)4)26(20(28)16-12-30-25-24-16)11-14-7-5-6-8-15(14)22/h5-10,12,17H,11H2,1-4H3,(H,23,27)/t17-/m0/s1. The lowest BCUT2D eigenvalue weighted by atomic mass is 10.0. The third-order valence-electron chi connectivity index (χ3n) is 4.35. The van der Waals surface area contributed by atoms with Crippen molar-refractivity contribution in [3.63, 3.8) is 0 Å². The first-order valence-electron chi connectivity index (χ1n) is 9.35. The molecule has 0 bridgehead atoms. The van der Waals surface area contributed by atoms with E-state index >= 15 is 0 Å². The number of carbonyl (C=O) groups excluding carboxylic acids is 2. The number of nitrogens with one attached hydrogen (secondary N) is 1. The molecule has 2 aromatic heterocycles. The summed E-state index contributed by atoms with van der Waals surface area (Å²) in [7, 11) is 0. The molecule has 9 heteroatoms. The van der Waals surface area contributed by atoms with Gasteiger partial charge in [0.1, 0.15) is 11.9 Å². The van der Waals surface area contributed by atoms with Gasteiger partial charge in [0.2, 0.25) is 5.91 Å². The van der Waals surface area contributed by atoms with E-state index in [4.69, 9.17) is 0 Å². The van der Waals surface area contributed by atoms with E-state index in [2.05, 4.69) is 14.9 Å². The lowest BCUT2D eigenvalue weighted by Crippen LogP contribution is -2.49. The van der Waals surface area contributed by atoms with Crippen molar-refractivity contribution in [1.82, 2.24) is 19.8 Å². The molecule has 2 amide bonds. The SMILES string of the molecule is Cc1ccsc1[C@@H](C(=O)NC(C)(C)C)N(Cc1ccccc1F)C(=O)c1csnn1. The fraction of sp³-hybridized carbons (Fsp3) is 0.333. The van der Waals surface area contributed by atoms with Crippen LogP contribution in [0.4, 0.5) is 4.39 Å². The van der Waals surface area contributed by atoms with Gasteiger partial charge in [0.15, 0.2) is 5.69 Å². The maximum absolute atomic E-state index is 14.5. The molecule has 0 saturated carbocycles. The highest BCUT2D eigenvalue weighted by Crippen LogP contribution is 2.32. The van der Waals surface area contributed by atoms with Gasteiger partial charge >= 0.3 is 0 Å². The highest BCUT2D eigenvalue weighted by molar-refractivity contribution is 7.10. The smallest absolute Gasteiger partial charge is 0.276 e. The number of rotatable bonds is 6. The lowest BCUT2D eigenvalue weighted by Gasteiger charge is -2.33. The summed E-state index contributed by atoms with van der Waals surface area (Å²) in [5, 5.41) is 10.2. The fourth-order valence-corrected chi connectivity index (χ4v) is 4.47. The molecule has 0 aliphatic carbocycles. The van der Waals surface area contributed by atoms with Gasteiger partial charge in [-0.2, -0.15) is 0 Å². The first-order chi connectivity index (χ1) is 14.2. The van der Waals surface area contributed by atoms with E-state index in [0.29, 0.717) is 5.56 Å². The van der Waals surface area contributed by atoms with Gasteiger partial charge in [0, 0.05) is 21.4 Å². The van der Waals surface area contributed by atoms with Crippen LogP contribution < -0.4 is 5.32 Å². The van der Waals surface area contributed by atoms with Crippen molar-refractivity contribution in [2.75, 3.05) is 0 Å². The number of hydrogen-bond donors (Lipinski definition) is 1. The molecule has 0 radical (unpaired) electrons. The van der Waals surface area contributed by atoms with E-state index in [0.717, 1.165) is 22.0 Å². The Labute approximate surface area is 182 Å². The molecule has 3 rings (SSSR count). The maximum atomic E-state index is 14.5. The average Bonchev–Trinajstić information content (AvgIpc) is 3.33. The minimum Gasteiger partial charge on any atom is -0.349 e. The van der Waals surface area contributed by atoms with E-state index < -0.39 is 23.3 Å². The van der Waals surface area contributed by atoms with Crippen LogP contribution in [-0.2, 0) is 11.3 Å². The zero-order valence-electron chi connectivity index (χ0n) is 17.2. The van der Waals surface area contributed by atoms with Crippen molar-refractivity contribution in [1.29, 1.82) is 0 Å². The first kappa shape index (κ1) is 22.0. The summed E-state index contributed by atoms with van der Waals surface area (Å²) in [6.45, 7) is 7.42. The molecular weight excluding hydrogens is 423 g/mol. The summed E-state index contributed by atoms with van der Waals surface area (Å²) < 4.78 is 18.2. The fourth-order valence-electron chi connectivity index (χ4n) is 3.00. The zero-order chi connectivity index (χ0) is 21.9. The van der Waals surface area contributed by atoms with Gasteiger partial charge in [-0.3, -0.25) is 9.59 Å². The molecule has 3 aromatic rings. The monoisotopic (exact) mass is 446 g/mol. The molecule has 0 aliphatic rings. The molecule has 0 spiro atoms. The van der Waals surface area contributed by atoms with Crippen LogP contribution in [0.15, 0.2) is 41.1 Å². The Morgan fingerprint density at radius 3 is 2.53 bits per heavy atom. The molecule has 1 atom stereocenters. The number of aryl methyl sites for hydroxylation is 1. The van der Waals surface area contributed by atoms with Crippen LogP contribution in [-0.4, -0.2) is 31.8 Å². The number of benzene rings is 1. The summed E-state index contributed by atoms with van der Waals surface area (Å²) in [5.41, 5.74) is 0.822. The summed E-state index contributed by atoms with van der Waals surface area (Å²) in [6, 6.07) is 7.19. The summed E-state index contributed by atoms with van der Waals surface area (Å²) in [6.07, 6.45) is 0. The second-order valence-electron chi connectivity index (χ2n) is 7.92. The van der Waals surface area contributed by atoms with Crippen LogP contribution >= 0.6 is 22.9 Å². The normalized spacial score (nSPS) is 12.4. The van der Waals surface area contributed by atoms with Crippen molar-refractivity contribution in [3.05, 3.63) is 68.6 Å². The molecule has 1 aromatic carbocycles. The first-order valence-corrected chi connectivity index (χ1v) is 11.1. The molecule has 0 aliphatic heterocycles. The number of halogens is 1. The van der Waals surface area contributed by atoms with Crippen LogP contribution in [0.3, 0.4) is 0 Å². The largest absolute Gasteiger partial charge is 0.349 e. The van der Waals surface area contributed by atoms with Gasteiger partial charge in [0.25, 0.3) is 5.91 Å². The third kappa shape index (κ3) is 5.09. The van der Waals surface area contributed by atoms with Gasteiger partial charge in [-0.05, 0) is 62.3 Å². The Balaban J connectivity index is 2.10. The number of carbonyl (C=O) groups is 2. The predicted molar refractivity (Wildman–Crippen MR) is 116 cm³/mol. The van der Waals surface area contributed by atoms with Gasteiger partial charge < -0.3 is 10.2 Å². The highest BCUT2D eigenvalue weighted by Gasteiger charge is 2.36. The molecule has 158 valence electrons. The van der Waals surface area contributed by atoms with Crippen LogP contribution in [0, 0.1) is 12.7 Å². The lowest BCUT2D eigenvalue weighted by molar-refractivity contribution is -0.127. The van der Waals surface area contributed by atoms with E-state index in [1.54, 1.807) is 18.2 Å². The maximum Gasteiger partial charge on any atom is 0.276 e. The van der Waals surface area contributed by atoms with Gasteiger partial charge in [-0.15, -0.1) is 16.4 Å². The second kappa shape index (κ2) is 9.01. The summed E-state index contributed by atoms with van der Waals surface area (Å²) in [5.74, 6) is -1.25. The molecule has 1 N–H and O–H groups in total. The number of nitrogens with zero attached hydrogens (tertiary/aromatic N) is 3. The van der Waals surface area contributed by atoms with Gasteiger partial charge in [-0.25, -0.2) is 4.39 Å². The quantitative estimate of drug-likeness (QED) is 0.611. The van der Waals surface area contributed by atoms with Crippen molar-refractivity contribution >= 4 is 34.7 Å². The summed E-state index contributed by atoms with van der Waals surface area (Å²) in [4.78, 5) is 28.8. The molecule has 0 fully saturated rings. The van der Waals surface area contributed by atoms with Gasteiger partial charge in [-0.1, -0.05) is 22.7 Å². The van der Waals surface area contributed by atoms with Crippen LogP contribution in [0.2, 0.25) is 0 Å². The minimum atomic E-state index is -0.932. The molecule has 0 saturated heterocycles. The highest BCUT2D eigenvalue weighted by atomic mass is 32.1. The van der Waals surface area contributed by atoms with Crippen molar-refractivity contribution in [2.45, 2.75) is 45.8 Å². The van der Waals surface area contributed by atoms with Crippen molar-refractivity contribution in [2.24, 2.45) is 0 Å².